The third-order valence-electron chi connectivity index (χ3n) is 4.85. The van der Waals surface area contributed by atoms with Crippen molar-refractivity contribution in [1.82, 2.24) is 5.32 Å². The highest BCUT2D eigenvalue weighted by Gasteiger charge is 2.24. The predicted molar refractivity (Wildman–Crippen MR) is 105 cm³/mol. The van der Waals surface area contributed by atoms with Crippen LogP contribution in [0.25, 0.3) is 0 Å². The highest BCUT2D eigenvalue weighted by atomic mass is 32.1. The third kappa shape index (κ3) is 5.10. The van der Waals surface area contributed by atoms with Gasteiger partial charge in [0.2, 0.25) is 0 Å². The first-order valence-electron chi connectivity index (χ1n) is 9.22. The average Bonchev–Trinajstić information content (AvgIpc) is 3.09. The van der Waals surface area contributed by atoms with Gasteiger partial charge in [-0.15, -0.1) is 11.3 Å². The van der Waals surface area contributed by atoms with Crippen LogP contribution in [0, 0.1) is 5.92 Å². The van der Waals surface area contributed by atoms with E-state index in [-0.39, 0.29) is 12.5 Å². The highest BCUT2D eigenvalue weighted by molar-refractivity contribution is 7.10. The van der Waals surface area contributed by atoms with Crippen molar-refractivity contribution in [2.45, 2.75) is 32.6 Å². The van der Waals surface area contributed by atoms with Crippen molar-refractivity contribution in [2.75, 3.05) is 20.3 Å². The van der Waals surface area contributed by atoms with Crippen molar-refractivity contribution >= 4 is 23.2 Å². The molecule has 6 heteroatoms. The van der Waals surface area contributed by atoms with Crippen molar-refractivity contribution in [2.24, 2.45) is 5.92 Å². The Bertz CT molecular complexity index is 797. The number of hydrogen-bond donors (Lipinski definition) is 1. The molecule has 0 fully saturated rings. The molecular formula is C21H25NO4S. The number of hydrogen-bond acceptors (Lipinski definition) is 5. The normalized spacial score (nSPS) is 15.7. The standard InChI is InChI=1S/C21H25NO4S/c1-14-3-8-17-18(13-27-19(17)11-14)21(24)26-12-20(23)22-10-9-15-4-6-16(25-2)7-5-15/h4-7,13-14H,3,8-12H2,1-2H3,(H,22,23)/t14-/m0/s1. The van der Waals surface area contributed by atoms with E-state index < -0.39 is 5.97 Å². The number of esters is 1. The Labute approximate surface area is 163 Å². The Kier molecular flexibility index (Phi) is 6.50. The molecule has 1 aliphatic rings. The molecule has 0 bridgehead atoms. The van der Waals surface area contributed by atoms with Crippen LogP contribution in [0.15, 0.2) is 29.6 Å². The molecule has 1 aromatic heterocycles. The lowest BCUT2D eigenvalue weighted by Gasteiger charge is -2.18. The molecule has 1 amide bonds. The molecule has 0 saturated heterocycles. The second-order valence-corrected chi connectivity index (χ2v) is 7.89. The molecule has 5 nitrogen and oxygen atoms in total. The van der Waals surface area contributed by atoms with Gasteiger partial charge in [0, 0.05) is 16.8 Å². The van der Waals surface area contributed by atoms with E-state index in [0.29, 0.717) is 24.4 Å². The number of nitrogens with one attached hydrogen (secondary N) is 1. The molecule has 3 rings (SSSR count). The smallest absolute Gasteiger partial charge is 0.339 e. The third-order valence-corrected chi connectivity index (χ3v) is 5.90. The van der Waals surface area contributed by atoms with Crippen LogP contribution in [0.2, 0.25) is 0 Å². The number of fused-ring (bicyclic) bond motifs is 1. The molecule has 0 aliphatic heterocycles. The summed E-state index contributed by atoms with van der Waals surface area (Å²) >= 11 is 1.62. The maximum absolute atomic E-state index is 12.3. The highest BCUT2D eigenvalue weighted by Crippen LogP contribution is 2.33. The minimum Gasteiger partial charge on any atom is -0.497 e. The SMILES string of the molecule is COc1ccc(CCNC(=O)COC(=O)c2csc3c2CC[C@H](C)C3)cc1. The first-order chi connectivity index (χ1) is 13.1. The van der Waals surface area contributed by atoms with Gasteiger partial charge < -0.3 is 14.8 Å². The van der Waals surface area contributed by atoms with Crippen LogP contribution >= 0.6 is 11.3 Å². The van der Waals surface area contributed by atoms with E-state index in [2.05, 4.69) is 12.2 Å². The van der Waals surface area contributed by atoms with E-state index in [1.165, 1.54) is 4.88 Å². The fraction of sp³-hybridized carbons (Fsp3) is 0.429. The molecule has 0 radical (unpaired) electrons. The van der Waals surface area contributed by atoms with Gasteiger partial charge in [-0.25, -0.2) is 4.79 Å². The summed E-state index contributed by atoms with van der Waals surface area (Å²) in [4.78, 5) is 25.5. The summed E-state index contributed by atoms with van der Waals surface area (Å²) < 4.78 is 10.3. The van der Waals surface area contributed by atoms with Gasteiger partial charge in [0.15, 0.2) is 6.61 Å². The maximum atomic E-state index is 12.3. The molecule has 0 spiro atoms. The van der Waals surface area contributed by atoms with Gasteiger partial charge >= 0.3 is 5.97 Å². The van der Waals surface area contributed by atoms with Crippen LogP contribution in [-0.2, 0) is 28.8 Å². The second-order valence-electron chi connectivity index (χ2n) is 6.92. The van der Waals surface area contributed by atoms with E-state index >= 15 is 0 Å². The molecular weight excluding hydrogens is 362 g/mol. The van der Waals surface area contributed by atoms with Gasteiger partial charge in [-0.1, -0.05) is 19.1 Å². The molecule has 0 unspecified atom stereocenters. The number of carbonyl (C=O) groups excluding carboxylic acids is 2. The van der Waals surface area contributed by atoms with Crippen molar-refractivity contribution in [3.05, 3.63) is 51.2 Å². The maximum Gasteiger partial charge on any atom is 0.339 e. The van der Waals surface area contributed by atoms with Crippen LogP contribution < -0.4 is 10.1 Å². The summed E-state index contributed by atoms with van der Waals surface area (Å²) in [5.41, 5.74) is 2.85. The van der Waals surface area contributed by atoms with E-state index in [1.54, 1.807) is 18.4 Å². The lowest BCUT2D eigenvalue weighted by molar-refractivity contribution is -0.124. The van der Waals surface area contributed by atoms with Crippen LogP contribution in [-0.4, -0.2) is 32.1 Å². The molecule has 2 aromatic rings. The van der Waals surface area contributed by atoms with Gasteiger partial charge in [0.05, 0.1) is 12.7 Å². The van der Waals surface area contributed by atoms with Gasteiger partial charge in [0.25, 0.3) is 5.91 Å². The van der Waals surface area contributed by atoms with Crippen molar-refractivity contribution in [3.8, 4) is 5.75 Å². The Balaban J connectivity index is 1.42. The number of carbonyl (C=O) groups is 2. The Morgan fingerprint density at radius 3 is 2.78 bits per heavy atom. The fourth-order valence-electron chi connectivity index (χ4n) is 3.25. The molecule has 1 N–H and O–H groups in total. The summed E-state index contributed by atoms with van der Waals surface area (Å²) in [6.45, 7) is 2.48. The minimum atomic E-state index is -0.396. The van der Waals surface area contributed by atoms with Crippen molar-refractivity contribution in [3.63, 3.8) is 0 Å². The van der Waals surface area contributed by atoms with E-state index in [0.717, 1.165) is 36.1 Å². The van der Waals surface area contributed by atoms with E-state index in [9.17, 15) is 9.59 Å². The molecule has 0 saturated carbocycles. The first-order valence-corrected chi connectivity index (χ1v) is 10.1. The average molecular weight is 388 g/mol. The van der Waals surface area contributed by atoms with Crippen LogP contribution in [0.4, 0.5) is 0 Å². The summed E-state index contributed by atoms with van der Waals surface area (Å²) in [6, 6.07) is 7.71. The fourth-order valence-corrected chi connectivity index (χ4v) is 4.48. The number of amides is 1. The van der Waals surface area contributed by atoms with Crippen molar-refractivity contribution in [1.29, 1.82) is 0 Å². The molecule has 1 aliphatic carbocycles. The minimum absolute atomic E-state index is 0.248. The number of benzene rings is 1. The number of rotatable bonds is 7. The van der Waals surface area contributed by atoms with Crippen LogP contribution in [0.5, 0.6) is 5.75 Å². The quantitative estimate of drug-likeness (QED) is 0.740. The summed E-state index contributed by atoms with van der Waals surface area (Å²) in [5.74, 6) is 0.790. The monoisotopic (exact) mass is 387 g/mol. The number of methoxy groups -OCH3 is 1. The molecule has 1 aromatic carbocycles. The largest absolute Gasteiger partial charge is 0.497 e. The molecule has 1 heterocycles. The van der Waals surface area contributed by atoms with Crippen molar-refractivity contribution < 1.29 is 19.1 Å². The van der Waals surface area contributed by atoms with E-state index in [1.807, 2.05) is 29.6 Å². The van der Waals surface area contributed by atoms with Gasteiger partial charge in [-0.3, -0.25) is 4.79 Å². The second kappa shape index (κ2) is 9.04. The topological polar surface area (TPSA) is 64.6 Å². The van der Waals surface area contributed by atoms with Crippen LogP contribution in [0.1, 0.15) is 39.7 Å². The zero-order valence-electron chi connectivity index (χ0n) is 15.7. The van der Waals surface area contributed by atoms with E-state index in [4.69, 9.17) is 9.47 Å². The van der Waals surface area contributed by atoms with Gasteiger partial charge in [-0.05, 0) is 54.9 Å². The van der Waals surface area contributed by atoms with Gasteiger partial charge in [-0.2, -0.15) is 0 Å². The molecule has 144 valence electrons. The van der Waals surface area contributed by atoms with Crippen LogP contribution in [0.3, 0.4) is 0 Å². The summed E-state index contributed by atoms with van der Waals surface area (Å²) in [5, 5.41) is 4.65. The zero-order chi connectivity index (χ0) is 19.2. The Morgan fingerprint density at radius 2 is 2.04 bits per heavy atom. The zero-order valence-corrected chi connectivity index (χ0v) is 16.6. The predicted octanol–water partition coefficient (Wildman–Crippen LogP) is 3.40. The lowest BCUT2D eigenvalue weighted by atomic mass is 9.88. The lowest BCUT2D eigenvalue weighted by Crippen LogP contribution is -2.30. The summed E-state index contributed by atoms with van der Waals surface area (Å²) in [6.07, 6.45) is 3.74. The number of thiophene rings is 1. The summed E-state index contributed by atoms with van der Waals surface area (Å²) in [7, 11) is 1.63. The Hall–Kier alpha value is -2.34. The molecule has 1 atom stereocenters. The molecule has 27 heavy (non-hydrogen) atoms. The van der Waals surface area contributed by atoms with Gasteiger partial charge in [0.1, 0.15) is 5.75 Å². The number of ether oxygens (including phenoxy) is 2. The first kappa shape index (κ1) is 19.4. The Morgan fingerprint density at radius 1 is 1.26 bits per heavy atom.